The Bertz CT molecular complexity index is 266. The molecule has 0 radical (unpaired) electrons. The number of aliphatic carboxylic acids is 2. The van der Waals surface area contributed by atoms with Gasteiger partial charge in [-0.15, -0.1) is 0 Å². The molecule has 92 valence electrons. The Labute approximate surface area is 99.1 Å². The van der Waals surface area contributed by atoms with Crippen molar-refractivity contribution in [1.29, 1.82) is 0 Å². The highest BCUT2D eigenvalue weighted by atomic mass is 32.2. The summed E-state index contributed by atoms with van der Waals surface area (Å²) in [6, 6.07) is 0. The minimum Gasteiger partial charge on any atom is -0.473 e. The second-order valence-corrected chi connectivity index (χ2v) is 4.30. The zero-order valence-corrected chi connectivity index (χ0v) is 10.3. The Morgan fingerprint density at radius 3 is 2.38 bits per heavy atom. The van der Waals surface area contributed by atoms with Gasteiger partial charge in [-0.3, -0.25) is 0 Å². The average molecular weight is 247 g/mol. The minimum absolute atomic E-state index is 1.18. The summed E-state index contributed by atoms with van der Waals surface area (Å²) in [5.41, 5.74) is 1.60. The second-order valence-electron chi connectivity index (χ2n) is 3.43. The number of likely N-dealkylation sites (N-methyl/N-ethyl adjacent to an activating group) is 1. The Kier molecular flexibility index (Phi) is 7.66. The molecule has 0 atom stereocenters. The molecule has 0 aromatic carbocycles. The molecule has 1 aliphatic rings. The summed E-state index contributed by atoms with van der Waals surface area (Å²) in [5.74, 6) is -2.44. The van der Waals surface area contributed by atoms with E-state index in [0.717, 1.165) is 0 Å². The van der Waals surface area contributed by atoms with Gasteiger partial charge in [0.25, 0.3) is 0 Å². The zero-order chi connectivity index (χ0) is 12.6. The summed E-state index contributed by atoms with van der Waals surface area (Å²) in [5, 5.41) is 14.8. The van der Waals surface area contributed by atoms with Crippen LogP contribution in [0.1, 0.15) is 6.42 Å². The topological polar surface area (TPSA) is 77.8 Å². The van der Waals surface area contributed by atoms with Gasteiger partial charge in [0, 0.05) is 18.8 Å². The minimum atomic E-state index is -1.82. The lowest BCUT2D eigenvalue weighted by atomic mass is 10.1. The summed E-state index contributed by atoms with van der Waals surface area (Å²) in [7, 11) is 2.19. The van der Waals surface area contributed by atoms with E-state index in [9.17, 15) is 0 Å². The molecular weight excluding hydrogens is 230 g/mol. The smallest absolute Gasteiger partial charge is 0.414 e. The molecule has 5 nitrogen and oxygen atoms in total. The van der Waals surface area contributed by atoms with Crippen molar-refractivity contribution < 1.29 is 19.8 Å². The van der Waals surface area contributed by atoms with Gasteiger partial charge in [-0.25, -0.2) is 9.59 Å². The van der Waals surface area contributed by atoms with Crippen LogP contribution in [0.5, 0.6) is 0 Å². The van der Waals surface area contributed by atoms with Gasteiger partial charge in [-0.1, -0.05) is 11.6 Å². The number of thioether (sulfide) groups is 1. The second kappa shape index (κ2) is 8.18. The average Bonchev–Trinajstić information content (AvgIpc) is 2.19. The monoisotopic (exact) mass is 247 g/mol. The van der Waals surface area contributed by atoms with Crippen LogP contribution < -0.4 is 0 Å². The maximum Gasteiger partial charge on any atom is 0.414 e. The highest BCUT2D eigenvalue weighted by Crippen LogP contribution is 2.11. The van der Waals surface area contributed by atoms with Crippen molar-refractivity contribution in [1.82, 2.24) is 4.90 Å². The molecule has 1 heterocycles. The zero-order valence-electron chi connectivity index (χ0n) is 9.47. The number of hydrogen-bond donors (Lipinski definition) is 2. The van der Waals surface area contributed by atoms with E-state index in [2.05, 4.69) is 24.3 Å². The van der Waals surface area contributed by atoms with E-state index in [4.69, 9.17) is 19.8 Å². The first-order chi connectivity index (χ1) is 7.47. The van der Waals surface area contributed by atoms with Crippen LogP contribution in [-0.2, 0) is 9.59 Å². The summed E-state index contributed by atoms with van der Waals surface area (Å²) < 4.78 is 0. The van der Waals surface area contributed by atoms with Crippen molar-refractivity contribution in [3.05, 3.63) is 11.6 Å². The lowest BCUT2D eigenvalue weighted by Crippen LogP contribution is -2.26. The molecule has 0 aromatic heterocycles. The number of carbonyl (C=O) groups is 2. The molecule has 0 fully saturated rings. The summed E-state index contributed by atoms with van der Waals surface area (Å²) >= 11 is 1.92. The van der Waals surface area contributed by atoms with Gasteiger partial charge in [-0.05, 0) is 19.7 Å². The number of carboxylic acid groups (broad SMARTS) is 2. The number of hydrogen-bond acceptors (Lipinski definition) is 4. The Morgan fingerprint density at radius 2 is 2.00 bits per heavy atom. The van der Waals surface area contributed by atoms with E-state index in [-0.39, 0.29) is 0 Å². The Morgan fingerprint density at radius 1 is 1.44 bits per heavy atom. The molecule has 16 heavy (non-hydrogen) atoms. The fraction of sp³-hybridized carbons (Fsp3) is 0.600. The third-order valence-corrected chi connectivity index (χ3v) is 2.59. The van der Waals surface area contributed by atoms with Crippen molar-refractivity contribution in [3.8, 4) is 0 Å². The molecule has 2 N–H and O–H groups in total. The molecule has 0 bridgehead atoms. The third-order valence-electron chi connectivity index (χ3n) is 1.93. The van der Waals surface area contributed by atoms with Crippen molar-refractivity contribution >= 4 is 23.7 Å². The van der Waals surface area contributed by atoms with E-state index in [0.29, 0.717) is 0 Å². The predicted octanol–water partition coefficient (Wildman–Crippen LogP) is 0.767. The molecule has 0 saturated heterocycles. The third kappa shape index (κ3) is 7.30. The van der Waals surface area contributed by atoms with Crippen LogP contribution in [-0.4, -0.2) is 59.2 Å². The standard InChI is InChI=1S/C8H15NS.C2H2O4/c1-9-5-3-4-8(6-9)7-10-2;3-1(4)2(5)6/h4H,3,5-7H2,1-2H3;(H,3,4)(H,5,6). The molecule has 0 amide bonds. The van der Waals surface area contributed by atoms with Gasteiger partial charge in [0.1, 0.15) is 0 Å². The maximum absolute atomic E-state index is 9.10. The summed E-state index contributed by atoms with van der Waals surface area (Å²) in [4.78, 5) is 20.6. The van der Waals surface area contributed by atoms with Gasteiger partial charge in [0.05, 0.1) is 0 Å². The van der Waals surface area contributed by atoms with E-state index in [1.807, 2.05) is 11.8 Å². The molecule has 0 unspecified atom stereocenters. The van der Waals surface area contributed by atoms with Crippen LogP contribution >= 0.6 is 11.8 Å². The summed E-state index contributed by atoms with van der Waals surface area (Å²) in [6.45, 7) is 2.42. The van der Waals surface area contributed by atoms with Gasteiger partial charge in [0.15, 0.2) is 0 Å². The number of nitrogens with zero attached hydrogens (tertiary/aromatic N) is 1. The SMILES string of the molecule is CSCC1=CCCN(C)C1.O=C(O)C(=O)O. The Hall–Kier alpha value is -1.01. The molecular formula is C10H17NO4S. The van der Waals surface area contributed by atoms with Gasteiger partial charge >= 0.3 is 11.9 Å². The van der Waals surface area contributed by atoms with Crippen LogP contribution in [0.2, 0.25) is 0 Å². The first-order valence-corrected chi connectivity index (χ1v) is 6.18. The van der Waals surface area contributed by atoms with Crippen molar-refractivity contribution in [2.24, 2.45) is 0 Å². The normalized spacial score (nSPS) is 15.8. The highest BCUT2D eigenvalue weighted by Gasteiger charge is 2.06. The predicted molar refractivity (Wildman–Crippen MR) is 63.9 cm³/mol. The van der Waals surface area contributed by atoms with E-state index in [1.165, 1.54) is 25.3 Å². The summed E-state index contributed by atoms with van der Waals surface area (Å²) in [6.07, 6.45) is 5.79. The van der Waals surface area contributed by atoms with Crippen LogP contribution in [0, 0.1) is 0 Å². The molecule has 1 rings (SSSR count). The van der Waals surface area contributed by atoms with Crippen molar-refractivity contribution in [2.45, 2.75) is 6.42 Å². The lowest BCUT2D eigenvalue weighted by Gasteiger charge is -2.22. The number of rotatable bonds is 2. The van der Waals surface area contributed by atoms with E-state index >= 15 is 0 Å². The Balaban J connectivity index is 0.000000325. The fourth-order valence-corrected chi connectivity index (χ4v) is 1.85. The van der Waals surface area contributed by atoms with Crippen LogP contribution in [0.3, 0.4) is 0 Å². The first kappa shape index (κ1) is 15.0. The molecule has 0 aromatic rings. The van der Waals surface area contributed by atoms with E-state index in [1.54, 1.807) is 5.57 Å². The number of carboxylic acids is 2. The first-order valence-electron chi connectivity index (χ1n) is 4.79. The van der Waals surface area contributed by atoms with Gasteiger partial charge < -0.3 is 15.1 Å². The van der Waals surface area contributed by atoms with Gasteiger partial charge in [-0.2, -0.15) is 11.8 Å². The van der Waals surface area contributed by atoms with Crippen molar-refractivity contribution in [2.75, 3.05) is 32.1 Å². The molecule has 0 saturated carbocycles. The largest absolute Gasteiger partial charge is 0.473 e. The fourth-order valence-electron chi connectivity index (χ4n) is 1.27. The molecule has 6 heteroatoms. The van der Waals surface area contributed by atoms with Gasteiger partial charge in [0.2, 0.25) is 0 Å². The van der Waals surface area contributed by atoms with Crippen LogP contribution in [0.4, 0.5) is 0 Å². The highest BCUT2D eigenvalue weighted by molar-refractivity contribution is 7.98. The molecule has 1 aliphatic heterocycles. The van der Waals surface area contributed by atoms with Crippen LogP contribution in [0.15, 0.2) is 11.6 Å². The molecule has 0 spiro atoms. The maximum atomic E-state index is 9.10. The quantitative estimate of drug-likeness (QED) is 0.554. The lowest BCUT2D eigenvalue weighted by molar-refractivity contribution is -0.159. The van der Waals surface area contributed by atoms with E-state index < -0.39 is 11.9 Å². The molecule has 0 aliphatic carbocycles. The van der Waals surface area contributed by atoms with Crippen LogP contribution in [0.25, 0.3) is 0 Å². The van der Waals surface area contributed by atoms with Crippen molar-refractivity contribution in [3.63, 3.8) is 0 Å².